The van der Waals surface area contributed by atoms with E-state index in [4.69, 9.17) is 4.98 Å². The van der Waals surface area contributed by atoms with Gasteiger partial charge in [0.15, 0.2) is 0 Å². The molecule has 1 aromatic heterocycles. The largest absolute Gasteiger partial charge is 0.314 e. The van der Waals surface area contributed by atoms with Crippen molar-refractivity contribution in [1.29, 1.82) is 0 Å². The summed E-state index contributed by atoms with van der Waals surface area (Å²) in [6, 6.07) is 1.89. The van der Waals surface area contributed by atoms with Gasteiger partial charge in [0.05, 0.1) is 11.7 Å². The van der Waals surface area contributed by atoms with Crippen LogP contribution in [-0.2, 0) is 6.42 Å². The van der Waals surface area contributed by atoms with E-state index < -0.39 is 0 Å². The highest BCUT2D eigenvalue weighted by atomic mass is 32.1. The first-order valence-corrected chi connectivity index (χ1v) is 8.72. The molecule has 1 aromatic rings. The molecule has 5 heteroatoms. The van der Waals surface area contributed by atoms with E-state index in [0.29, 0.717) is 12.1 Å². The monoisotopic (exact) mass is 292 g/mol. The Morgan fingerprint density at radius 1 is 1.30 bits per heavy atom. The van der Waals surface area contributed by atoms with E-state index >= 15 is 0 Å². The number of rotatable bonds is 2. The van der Waals surface area contributed by atoms with Crippen LogP contribution in [0.3, 0.4) is 0 Å². The molecule has 0 spiro atoms. The maximum Gasteiger partial charge on any atom is 0.110 e. The highest BCUT2D eigenvalue weighted by Crippen LogP contribution is 2.45. The molecule has 0 aromatic carbocycles. The normalized spacial score (nSPS) is 32.3. The highest BCUT2D eigenvalue weighted by Gasteiger charge is 2.40. The van der Waals surface area contributed by atoms with Crippen molar-refractivity contribution in [2.75, 3.05) is 33.2 Å². The molecule has 3 atom stereocenters. The van der Waals surface area contributed by atoms with Gasteiger partial charge in [0.2, 0.25) is 0 Å². The van der Waals surface area contributed by atoms with Crippen LogP contribution in [0.15, 0.2) is 0 Å². The van der Waals surface area contributed by atoms with E-state index in [0.717, 1.165) is 32.2 Å². The lowest BCUT2D eigenvalue weighted by atomic mass is 10.1. The number of fused-ring (bicyclic) bond motifs is 4. The summed E-state index contributed by atoms with van der Waals surface area (Å²) in [6.45, 7) is 6.86. The van der Waals surface area contributed by atoms with E-state index in [1.165, 1.54) is 30.0 Å². The van der Waals surface area contributed by atoms with Crippen LogP contribution in [0.5, 0.6) is 0 Å². The second-order valence-electron chi connectivity index (χ2n) is 6.44. The average Bonchev–Trinajstić information content (AvgIpc) is 3.00. The van der Waals surface area contributed by atoms with Gasteiger partial charge < -0.3 is 5.32 Å². The Morgan fingerprint density at radius 3 is 2.90 bits per heavy atom. The maximum atomic E-state index is 5.03. The Balaban J connectivity index is 1.59. The quantitative estimate of drug-likeness (QED) is 0.901. The molecule has 2 fully saturated rings. The third-order valence-corrected chi connectivity index (χ3v) is 6.74. The predicted octanol–water partition coefficient (Wildman–Crippen LogP) is 1.80. The van der Waals surface area contributed by atoms with Crippen molar-refractivity contribution in [1.82, 2.24) is 20.1 Å². The Bertz CT molecular complexity index is 494. The molecule has 4 rings (SSSR count). The standard InChI is InChI=1S/C15H24N4S/c1-10(19-7-5-16-6-8-19)15-17-12-9-11-3-4-13(18(11)2)14(12)20-15/h10-11,13,16H,3-9H2,1-2H3. The molecule has 0 amide bonds. The van der Waals surface area contributed by atoms with E-state index in [-0.39, 0.29) is 0 Å². The molecule has 4 nitrogen and oxygen atoms in total. The van der Waals surface area contributed by atoms with Crippen LogP contribution in [-0.4, -0.2) is 54.1 Å². The fourth-order valence-corrected chi connectivity index (χ4v) is 5.36. The van der Waals surface area contributed by atoms with E-state index in [1.807, 2.05) is 11.3 Å². The highest BCUT2D eigenvalue weighted by molar-refractivity contribution is 7.12. The minimum atomic E-state index is 0.483. The van der Waals surface area contributed by atoms with Crippen molar-refractivity contribution in [2.45, 2.75) is 44.3 Å². The van der Waals surface area contributed by atoms with Crippen molar-refractivity contribution in [3.8, 4) is 0 Å². The van der Waals surface area contributed by atoms with Crippen molar-refractivity contribution < 1.29 is 0 Å². The Hall–Kier alpha value is -0.490. The number of nitrogens with zero attached hydrogens (tertiary/aromatic N) is 3. The second-order valence-corrected chi connectivity index (χ2v) is 7.50. The zero-order valence-electron chi connectivity index (χ0n) is 12.4. The van der Waals surface area contributed by atoms with Gasteiger partial charge in [-0.3, -0.25) is 9.80 Å². The van der Waals surface area contributed by atoms with Crippen molar-refractivity contribution >= 4 is 11.3 Å². The summed E-state index contributed by atoms with van der Waals surface area (Å²) in [5.41, 5.74) is 1.41. The fraction of sp³-hybridized carbons (Fsp3) is 0.800. The number of likely N-dealkylation sites (N-methyl/N-ethyl adjacent to an activating group) is 1. The van der Waals surface area contributed by atoms with E-state index in [9.17, 15) is 0 Å². The van der Waals surface area contributed by atoms with Crippen LogP contribution in [0.4, 0.5) is 0 Å². The third-order valence-electron chi connectivity index (χ3n) is 5.37. The minimum absolute atomic E-state index is 0.483. The number of piperazine rings is 1. The summed E-state index contributed by atoms with van der Waals surface area (Å²) in [5.74, 6) is 0. The van der Waals surface area contributed by atoms with Gasteiger partial charge in [-0.15, -0.1) is 11.3 Å². The molecule has 3 aliphatic rings. The molecule has 1 N–H and O–H groups in total. The van der Waals surface area contributed by atoms with E-state index in [2.05, 4.69) is 29.1 Å². The van der Waals surface area contributed by atoms with Gasteiger partial charge in [-0.25, -0.2) is 4.98 Å². The molecule has 3 aliphatic heterocycles. The lowest BCUT2D eigenvalue weighted by Crippen LogP contribution is -2.44. The molecule has 2 saturated heterocycles. The van der Waals surface area contributed by atoms with Gasteiger partial charge in [0.1, 0.15) is 5.01 Å². The number of hydrogen-bond donors (Lipinski definition) is 1. The first-order valence-electron chi connectivity index (χ1n) is 7.90. The van der Waals surface area contributed by atoms with Gasteiger partial charge in [0, 0.05) is 49.6 Å². The van der Waals surface area contributed by atoms with Crippen LogP contribution in [0.1, 0.15) is 47.4 Å². The summed E-state index contributed by atoms with van der Waals surface area (Å²) in [7, 11) is 2.30. The first kappa shape index (κ1) is 13.2. The fourth-order valence-electron chi connectivity index (χ4n) is 3.99. The zero-order chi connectivity index (χ0) is 13.7. The summed E-state index contributed by atoms with van der Waals surface area (Å²) >= 11 is 1.99. The maximum absolute atomic E-state index is 5.03. The molecule has 20 heavy (non-hydrogen) atoms. The minimum Gasteiger partial charge on any atom is -0.314 e. The molecule has 110 valence electrons. The Labute approximate surface area is 125 Å². The van der Waals surface area contributed by atoms with E-state index in [1.54, 1.807) is 4.88 Å². The molecule has 4 heterocycles. The first-order chi connectivity index (χ1) is 9.74. The van der Waals surface area contributed by atoms with Gasteiger partial charge in [-0.2, -0.15) is 0 Å². The van der Waals surface area contributed by atoms with Crippen LogP contribution >= 0.6 is 11.3 Å². The van der Waals surface area contributed by atoms with Gasteiger partial charge in [-0.1, -0.05) is 0 Å². The number of aromatic nitrogens is 1. The molecule has 2 bridgehead atoms. The number of hydrogen-bond acceptors (Lipinski definition) is 5. The average molecular weight is 292 g/mol. The lowest BCUT2D eigenvalue weighted by molar-refractivity contribution is 0.185. The van der Waals surface area contributed by atoms with Crippen molar-refractivity contribution in [2.24, 2.45) is 0 Å². The van der Waals surface area contributed by atoms with Crippen LogP contribution in [0, 0.1) is 0 Å². The predicted molar refractivity (Wildman–Crippen MR) is 82.2 cm³/mol. The molecule has 0 radical (unpaired) electrons. The number of nitrogens with one attached hydrogen (secondary N) is 1. The molecular formula is C15H24N4S. The SMILES string of the molecule is CC(c1nc2c(s1)C1CCC(C2)N1C)N1CCNCC1. The Morgan fingerprint density at radius 2 is 2.10 bits per heavy atom. The van der Waals surface area contributed by atoms with Crippen LogP contribution in [0.25, 0.3) is 0 Å². The lowest BCUT2D eigenvalue weighted by Gasteiger charge is -2.31. The van der Waals surface area contributed by atoms with Crippen molar-refractivity contribution in [3.63, 3.8) is 0 Å². The van der Waals surface area contributed by atoms with Gasteiger partial charge in [0.25, 0.3) is 0 Å². The Kier molecular flexibility index (Phi) is 3.33. The molecule has 0 aliphatic carbocycles. The van der Waals surface area contributed by atoms with Crippen LogP contribution < -0.4 is 5.32 Å². The van der Waals surface area contributed by atoms with Crippen molar-refractivity contribution in [3.05, 3.63) is 15.6 Å². The number of thiazole rings is 1. The zero-order valence-corrected chi connectivity index (χ0v) is 13.2. The summed E-state index contributed by atoms with van der Waals surface area (Å²) < 4.78 is 0. The molecular weight excluding hydrogens is 268 g/mol. The third kappa shape index (κ3) is 2.03. The molecule has 3 unspecified atom stereocenters. The van der Waals surface area contributed by atoms with Crippen LogP contribution in [0.2, 0.25) is 0 Å². The van der Waals surface area contributed by atoms with Gasteiger partial charge >= 0.3 is 0 Å². The molecule has 0 saturated carbocycles. The van der Waals surface area contributed by atoms with Gasteiger partial charge in [-0.05, 0) is 26.8 Å². The smallest absolute Gasteiger partial charge is 0.110 e. The topological polar surface area (TPSA) is 31.4 Å². The summed E-state index contributed by atoms with van der Waals surface area (Å²) in [4.78, 5) is 11.8. The summed E-state index contributed by atoms with van der Waals surface area (Å²) in [6.07, 6.45) is 3.86. The summed E-state index contributed by atoms with van der Waals surface area (Å²) in [5, 5.41) is 4.78. The second kappa shape index (κ2) is 5.05.